The summed E-state index contributed by atoms with van der Waals surface area (Å²) in [5.74, 6) is 1.38. The SMILES string of the molecule is c1cc(NCc2cccc(-c3nn[nH]n3)c2)cc(OCc2ccc3ccccc3n2)c1. The van der Waals surface area contributed by atoms with Crippen molar-refractivity contribution < 1.29 is 4.74 Å². The van der Waals surface area contributed by atoms with Gasteiger partial charge in [-0.05, 0) is 41.1 Å². The van der Waals surface area contributed by atoms with Gasteiger partial charge < -0.3 is 10.1 Å². The van der Waals surface area contributed by atoms with Gasteiger partial charge in [0.2, 0.25) is 5.82 Å². The molecule has 31 heavy (non-hydrogen) atoms. The van der Waals surface area contributed by atoms with Crippen LogP contribution in [-0.4, -0.2) is 25.6 Å². The minimum absolute atomic E-state index is 0.418. The Balaban J connectivity index is 1.22. The van der Waals surface area contributed by atoms with Gasteiger partial charge in [0.15, 0.2) is 0 Å². The first-order chi connectivity index (χ1) is 15.3. The lowest BCUT2D eigenvalue weighted by molar-refractivity contribution is 0.302. The summed E-state index contributed by atoms with van der Waals surface area (Å²) in [7, 11) is 0. The number of ether oxygens (including phenoxy) is 1. The average molecular weight is 408 g/mol. The van der Waals surface area contributed by atoms with Crippen molar-refractivity contribution in [2.24, 2.45) is 0 Å². The van der Waals surface area contributed by atoms with Crippen molar-refractivity contribution in [1.29, 1.82) is 0 Å². The third-order valence-electron chi connectivity index (χ3n) is 4.90. The molecule has 0 radical (unpaired) electrons. The quantitative estimate of drug-likeness (QED) is 0.409. The number of rotatable bonds is 7. The fraction of sp³-hybridized carbons (Fsp3) is 0.0833. The Kier molecular flexibility index (Phi) is 5.22. The van der Waals surface area contributed by atoms with Crippen LogP contribution in [-0.2, 0) is 13.2 Å². The summed E-state index contributed by atoms with van der Waals surface area (Å²) in [6, 6.07) is 28.1. The number of benzene rings is 3. The van der Waals surface area contributed by atoms with Gasteiger partial charge in [-0.2, -0.15) is 5.21 Å². The van der Waals surface area contributed by atoms with Crippen LogP contribution in [0.1, 0.15) is 11.3 Å². The number of hydrogen-bond donors (Lipinski definition) is 2. The molecule has 0 bridgehead atoms. The van der Waals surface area contributed by atoms with Crippen molar-refractivity contribution in [3.63, 3.8) is 0 Å². The van der Waals surface area contributed by atoms with Crippen molar-refractivity contribution in [2.45, 2.75) is 13.2 Å². The molecule has 0 saturated carbocycles. The zero-order valence-corrected chi connectivity index (χ0v) is 16.7. The molecule has 0 fully saturated rings. The Morgan fingerprint density at radius 1 is 0.871 bits per heavy atom. The summed E-state index contributed by atoms with van der Waals surface area (Å²) in [5, 5.41) is 18.7. The van der Waals surface area contributed by atoms with E-state index in [0.29, 0.717) is 19.0 Å². The first-order valence-electron chi connectivity index (χ1n) is 9.98. The van der Waals surface area contributed by atoms with E-state index in [9.17, 15) is 0 Å². The first kappa shape index (κ1) is 18.7. The Hall–Kier alpha value is -4.26. The predicted molar refractivity (Wildman–Crippen MR) is 119 cm³/mol. The largest absolute Gasteiger partial charge is 0.487 e. The molecule has 0 spiro atoms. The average Bonchev–Trinajstić information content (AvgIpc) is 3.37. The Labute approximate surface area is 179 Å². The number of fused-ring (bicyclic) bond motifs is 1. The summed E-state index contributed by atoms with van der Waals surface area (Å²) in [6.07, 6.45) is 0. The van der Waals surface area contributed by atoms with Crippen LogP contribution in [0.25, 0.3) is 22.3 Å². The van der Waals surface area contributed by atoms with Crippen molar-refractivity contribution in [3.05, 3.63) is 96.2 Å². The van der Waals surface area contributed by atoms with E-state index in [4.69, 9.17) is 4.74 Å². The number of tetrazole rings is 1. The van der Waals surface area contributed by atoms with Crippen molar-refractivity contribution >= 4 is 16.6 Å². The highest BCUT2D eigenvalue weighted by Crippen LogP contribution is 2.21. The summed E-state index contributed by atoms with van der Waals surface area (Å²) < 4.78 is 5.97. The fourth-order valence-corrected chi connectivity index (χ4v) is 3.35. The molecule has 2 N–H and O–H groups in total. The van der Waals surface area contributed by atoms with E-state index in [1.165, 1.54) is 0 Å². The van der Waals surface area contributed by atoms with Crippen molar-refractivity contribution in [2.75, 3.05) is 5.32 Å². The van der Waals surface area contributed by atoms with Crippen LogP contribution in [0.5, 0.6) is 5.75 Å². The Morgan fingerprint density at radius 3 is 2.74 bits per heavy atom. The second kappa shape index (κ2) is 8.62. The first-order valence-corrected chi connectivity index (χ1v) is 9.98. The maximum absolute atomic E-state index is 5.97. The molecule has 2 heterocycles. The summed E-state index contributed by atoms with van der Waals surface area (Å²) in [5.41, 5.74) is 4.90. The van der Waals surface area contributed by atoms with E-state index in [2.05, 4.69) is 49.1 Å². The number of pyridine rings is 1. The minimum atomic E-state index is 0.418. The second-order valence-corrected chi connectivity index (χ2v) is 7.10. The Bertz CT molecular complexity index is 1300. The normalized spacial score (nSPS) is 10.8. The van der Waals surface area contributed by atoms with Gasteiger partial charge in [0.25, 0.3) is 0 Å². The molecular formula is C24H20N6O. The van der Waals surface area contributed by atoms with Gasteiger partial charge in [-0.3, -0.25) is 0 Å². The lowest BCUT2D eigenvalue weighted by Gasteiger charge is -2.11. The van der Waals surface area contributed by atoms with E-state index in [-0.39, 0.29) is 0 Å². The number of anilines is 1. The highest BCUT2D eigenvalue weighted by atomic mass is 16.5. The second-order valence-electron chi connectivity index (χ2n) is 7.10. The Morgan fingerprint density at radius 2 is 1.81 bits per heavy atom. The van der Waals surface area contributed by atoms with E-state index >= 15 is 0 Å². The standard InChI is InChI=1S/C24H20N6O/c1-2-10-23-18(6-1)11-12-21(26-23)16-31-22-9-4-8-20(14-22)25-15-17-5-3-7-19(13-17)24-27-29-30-28-24/h1-14,25H,15-16H2,(H,27,28,29,30). The van der Waals surface area contributed by atoms with Crippen LogP contribution in [0.3, 0.4) is 0 Å². The van der Waals surface area contributed by atoms with Gasteiger partial charge in [0, 0.05) is 29.2 Å². The number of aromatic nitrogens is 5. The predicted octanol–water partition coefficient (Wildman–Crippen LogP) is 4.61. The highest BCUT2D eigenvalue weighted by molar-refractivity contribution is 5.78. The maximum Gasteiger partial charge on any atom is 0.204 e. The minimum Gasteiger partial charge on any atom is -0.487 e. The molecule has 5 rings (SSSR count). The molecule has 2 aromatic heterocycles. The van der Waals surface area contributed by atoms with E-state index in [1.807, 2.05) is 66.7 Å². The fourth-order valence-electron chi connectivity index (χ4n) is 3.35. The van der Waals surface area contributed by atoms with E-state index in [0.717, 1.165) is 39.2 Å². The molecule has 0 aliphatic rings. The molecule has 0 aliphatic carbocycles. The number of nitrogens with zero attached hydrogens (tertiary/aromatic N) is 4. The molecular weight excluding hydrogens is 388 g/mol. The molecule has 7 nitrogen and oxygen atoms in total. The zero-order chi connectivity index (χ0) is 20.9. The van der Waals surface area contributed by atoms with E-state index < -0.39 is 0 Å². The van der Waals surface area contributed by atoms with Crippen molar-refractivity contribution in [1.82, 2.24) is 25.6 Å². The molecule has 0 atom stereocenters. The van der Waals surface area contributed by atoms with Crippen LogP contribution in [0.2, 0.25) is 0 Å². The third-order valence-corrected chi connectivity index (χ3v) is 4.90. The van der Waals surface area contributed by atoms with Crippen LogP contribution in [0, 0.1) is 0 Å². The van der Waals surface area contributed by atoms with Crippen LogP contribution < -0.4 is 10.1 Å². The van der Waals surface area contributed by atoms with E-state index in [1.54, 1.807) is 0 Å². The molecule has 0 unspecified atom stereocenters. The monoisotopic (exact) mass is 408 g/mol. The van der Waals surface area contributed by atoms with Crippen LogP contribution in [0.4, 0.5) is 5.69 Å². The van der Waals surface area contributed by atoms with Gasteiger partial charge in [0.1, 0.15) is 12.4 Å². The summed E-state index contributed by atoms with van der Waals surface area (Å²) >= 11 is 0. The van der Waals surface area contributed by atoms with Gasteiger partial charge in [-0.25, -0.2) is 4.98 Å². The summed E-state index contributed by atoms with van der Waals surface area (Å²) in [6.45, 7) is 1.09. The molecule has 0 amide bonds. The smallest absolute Gasteiger partial charge is 0.204 e. The lowest BCUT2D eigenvalue weighted by Crippen LogP contribution is -2.01. The summed E-state index contributed by atoms with van der Waals surface area (Å²) in [4.78, 5) is 4.66. The molecule has 0 aliphatic heterocycles. The van der Waals surface area contributed by atoms with Gasteiger partial charge in [-0.15, -0.1) is 10.2 Å². The number of para-hydroxylation sites is 1. The molecule has 7 heteroatoms. The maximum atomic E-state index is 5.97. The topological polar surface area (TPSA) is 88.6 Å². The third kappa shape index (κ3) is 4.51. The molecule has 3 aromatic carbocycles. The van der Waals surface area contributed by atoms with Crippen molar-refractivity contribution in [3.8, 4) is 17.1 Å². The molecule has 152 valence electrons. The number of hydrogen-bond acceptors (Lipinski definition) is 6. The highest BCUT2D eigenvalue weighted by Gasteiger charge is 2.05. The number of aromatic amines is 1. The molecule has 0 saturated heterocycles. The van der Waals surface area contributed by atoms with Gasteiger partial charge >= 0.3 is 0 Å². The van der Waals surface area contributed by atoms with Crippen LogP contribution >= 0.6 is 0 Å². The number of nitrogens with one attached hydrogen (secondary N) is 2. The zero-order valence-electron chi connectivity index (χ0n) is 16.7. The van der Waals surface area contributed by atoms with Crippen LogP contribution in [0.15, 0.2) is 84.9 Å². The number of H-pyrrole nitrogens is 1. The van der Waals surface area contributed by atoms with Gasteiger partial charge in [-0.1, -0.05) is 48.5 Å². The lowest BCUT2D eigenvalue weighted by atomic mass is 10.1. The van der Waals surface area contributed by atoms with Gasteiger partial charge in [0.05, 0.1) is 11.2 Å². The molecule has 5 aromatic rings.